The van der Waals surface area contributed by atoms with Crippen molar-refractivity contribution in [1.29, 1.82) is 0 Å². The van der Waals surface area contributed by atoms with Gasteiger partial charge in [-0.05, 0) is 57.8 Å². The zero-order chi connectivity index (χ0) is 24.4. The van der Waals surface area contributed by atoms with Crippen LogP contribution in [0.3, 0.4) is 0 Å². The number of carbonyl (C=O) groups excluding carboxylic acids is 6. The second-order valence-electron chi connectivity index (χ2n) is 8.46. The Morgan fingerprint density at radius 1 is 0.484 bits per heavy atom. The number of hydrogen-bond acceptors (Lipinski definition) is 6. The molecular formula is C24H39O6Ru. The van der Waals surface area contributed by atoms with Crippen molar-refractivity contribution in [2.75, 3.05) is 0 Å². The molecule has 0 unspecified atom stereocenters. The Morgan fingerprint density at radius 3 is 0.742 bits per heavy atom. The van der Waals surface area contributed by atoms with E-state index in [-0.39, 0.29) is 54.2 Å². The standard InChI is InChI=1S/3C8H13O2.Ru/c3*1-6(2)4-8(10)5-7(3)9;/h3*5-6H,4H2,1-3H3;/q3*-1;+3. The zero-order valence-corrected chi connectivity index (χ0v) is 22.1. The maximum absolute atomic E-state index is 10.8. The van der Waals surface area contributed by atoms with Crippen LogP contribution in [0.5, 0.6) is 0 Å². The van der Waals surface area contributed by atoms with Gasteiger partial charge in [-0.15, -0.1) is 0 Å². The molecule has 0 fully saturated rings. The van der Waals surface area contributed by atoms with Crippen molar-refractivity contribution in [1.82, 2.24) is 0 Å². The number of hydrogen-bond donors (Lipinski definition) is 0. The van der Waals surface area contributed by atoms with Crippen LogP contribution in [0.1, 0.15) is 81.6 Å². The average molecular weight is 525 g/mol. The van der Waals surface area contributed by atoms with E-state index in [0.717, 1.165) is 19.3 Å². The molecule has 0 spiro atoms. The normalized spacial score (nSPS) is 9.29. The van der Waals surface area contributed by atoms with Gasteiger partial charge in [0.25, 0.3) is 0 Å². The van der Waals surface area contributed by atoms with Crippen molar-refractivity contribution in [3.8, 4) is 0 Å². The monoisotopic (exact) mass is 525 g/mol. The second-order valence-corrected chi connectivity index (χ2v) is 8.46. The van der Waals surface area contributed by atoms with Gasteiger partial charge in [-0.2, -0.15) is 0 Å². The van der Waals surface area contributed by atoms with Crippen LogP contribution < -0.4 is 0 Å². The van der Waals surface area contributed by atoms with Crippen molar-refractivity contribution < 1.29 is 48.2 Å². The van der Waals surface area contributed by atoms with Gasteiger partial charge in [0.2, 0.25) is 0 Å². The SMILES string of the molecule is CC(=O)[CH-]C(=O)CC(C)C.CC(=O)[CH-]C(=O)CC(C)C.CC(=O)[CH-]C(=O)CC(C)C.[Ru+3]. The van der Waals surface area contributed by atoms with Crippen LogP contribution in [0.2, 0.25) is 0 Å². The van der Waals surface area contributed by atoms with Crippen molar-refractivity contribution in [3.63, 3.8) is 0 Å². The minimum absolute atomic E-state index is 0. The summed E-state index contributed by atoms with van der Waals surface area (Å²) in [5.74, 6) is 0.323. The molecule has 0 saturated heterocycles. The van der Waals surface area contributed by atoms with Crippen LogP contribution in [-0.2, 0) is 48.2 Å². The van der Waals surface area contributed by atoms with E-state index in [1.807, 2.05) is 41.5 Å². The summed E-state index contributed by atoms with van der Waals surface area (Å²) < 4.78 is 0. The first-order chi connectivity index (χ1) is 13.6. The van der Waals surface area contributed by atoms with Crippen molar-refractivity contribution in [3.05, 3.63) is 19.3 Å². The maximum atomic E-state index is 10.8. The molecule has 1 radical (unpaired) electrons. The molecule has 0 amide bonds. The summed E-state index contributed by atoms with van der Waals surface area (Å²) in [5.41, 5.74) is 0. The van der Waals surface area contributed by atoms with Crippen LogP contribution >= 0.6 is 0 Å². The first kappa shape index (κ1) is 36.6. The van der Waals surface area contributed by atoms with Crippen LogP contribution in [0.4, 0.5) is 0 Å². The summed E-state index contributed by atoms with van der Waals surface area (Å²) in [6, 6.07) is 0. The van der Waals surface area contributed by atoms with Gasteiger partial charge in [-0.25, -0.2) is 0 Å². The molecule has 0 saturated carbocycles. The number of Topliss-reactive ketones (excluding diaryl/α,β-unsaturated/α-hetero) is 6. The molecule has 0 aliphatic heterocycles. The van der Waals surface area contributed by atoms with E-state index in [1.165, 1.54) is 20.8 Å². The summed E-state index contributed by atoms with van der Waals surface area (Å²) in [4.78, 5) is 63.4. The summed E-state index contributed by atoms with van der Waals surface area (Å²) in [5, 5.41) is 0. The first-order valence-electron chi connectivity index (χ1n) is 10.2. The fourth-order valence-electron chi connectivity index (χ4n) is 2.06. The molecule has 7 heteroatoms. The smallest absolute Gasteiger partial charge is 0.334 e. The Bertz CT molecular complexity index is 496. The minimum atomic E-state index is -0.161. The second kappa shape index (κ2) is 21.5. The number of ketones is 6. The van der Waals surface area contributed by atoms with E-state index in [2.05, 4.69) is 0 Å². The van der Waals surface area contributed by atoms with Crippen LogP contribution in [0.25, 0.3) is 0 Å². The van der Waals surface area contributed by atoms with E-state index in [9.17, 15) is 28.8 Å². The average Bonchev–Trinajstić information content (AvgIpc) is 2.42. The van der Waals surface area contributed by atoms with Crippen molar-refractivity contribution in [2.45, 2.75) is 81.6 Å². The summed E-state index contributed by atoms with van der Waals surface area (Å²) in [7, 11) is 0. The van der Waals surface area contributed by atoms with Crippen LogP contribution in [-0.4, -0.2) is 34.7 Å². The topological polar surface area (TPSA) is 102 Å². The van der Waals surface area contributed by atoms with Crippen molar-refractivity contribution in [2.24, 2.45) is 17.8 Å². The van der Waals surface area contributed by atoms with Gasteiger partial charge in [0.05, 0.1) is 0 Å². The van der Waals surface area contributed by atoms with Gasteiger partial charge in [0.1, 0.15) is 0 Å². The fourth-order valence-corrected chi connectivity index (χ4v) is 2.06. The molecule has 0 heterocycles. The number of carbonyl (C=O) groups is 6. The summed E-state index contributed by atoms with van der Waals surface area (Å²) >= 11 is 0. The maximum Gasteiger partial charge on any atom is 3.00 e. The first-order valence-corrected chi connectivity index (χ1v) is 10.2. The molecule has 0 aliphatic carbocycles. The number of rotatable bonds is 12. The summed E-state index contributed by atoms with van der Waals surface area (Å²) in [6.45, 7) is 15.9. The van der Waals surface area contributed by atoms with E-state index in [4.69, 9.17) is 0 Å². The Kier molecular flexibility index (Phi) is 25.4. The molecule has 0 aromatic heterocycles. The van der Waals surface area contributed by atoms with Gasteiger partial charge < -0.3 is 28.8 Å². The Balaban J connectivity index is -0.000000174. The van der Waals surface area contributed by atoms with E-state index < -0.39 is 0 Å². The molecule has 0 N–H and O–H groups in total. The molecule has 31 heavy (non-hydrogen) atoms. The van der Waals surface area contributed by atoms with Gasteiger partial charge >= 0.3 is 19.5 Å². The minimum Gasteiger partial charge on any atom is -0.334 e. The van der Waals surface area contributed by atoms with E-state index in [0.29, 0.717) is 37.0 Å². The molecule has 0 rings (SSSR count). The van der Waals surface area contributed by atoms with Crippen LogP contribution in [0, 0.1) is 37.0 Å². The van der Waals surface area contributed by atoms with Crippen molar-refractivity contribution >= 4 is 34.7 Å². The van der Waals surface area contributed by atoms with Gasteiger partial charge in [0, 0.05) is 34.7 Å². The molecule has 0 aromatic rings. The Hall–Kier alpha value is -1.75. The molecular weight excluding hydrogens is 485 g/mol. The quantitative estimate of drug-likeness (QED) is 0.216. The largest absolute Gasteiger partial charge is 3.00 e. The Morgan fingerprint density at radius 2 is 0.645 bits per heavy atom. The molecule has 179 valence electrons. The van der Waals surface area contributed by atoms with E-state index in [1.54, 1.807) is 0 Å². The molecule has 0 bridgehead atoms. The van der Waals surface area contributed by atoms with Gasteiger partial charge in [-0.1, -0.05) is 41.5 Å². The third kappa shape index (κ3) is 39.3. The summed E-state index contributed by atoms with van der Waals surface area (Å²) in [6.07, 6.45) is 4.87. The molecule has 0 aliphatic rings. The fraction of sp³-hybridized carbons (Fsp3) is 0.625. The third-order valence-corrected chi connectivity index (χ3v) is 2.92. The van der Waals surface area contributed by atoms with E-state index >= 15 is 0 Å². The molecule has 0 aromatic carbocycles. The predicted octanol–water partition coefficient (Wildman–Crippen LogP) is 4.18. The van der Waals surface area contributed by atoms with Gasteiger partial charge in [0.15, 0.2) is 0 Å². The Labute approximate surface area is 201 Å². The van der Waals surface area contributed by atoms with Gasteiger partial charge in [-0.3, -0.25) is 19.3 Å². The zero-order valence-electron chi connectivity index (χ0n) is 20.4. The molecule has 0 atom stereocenters. The predicted molar refractivity (Wildman–Crippen MR) is 118 cm³/mol. The van der Waals surface area contributed by atoms with Crippen LogP contribution in [0.15, 0.2) is 0 Å². The third-order valence-electron chi connectivity index (χ3n) is 2.92. The molecule has 6 nitrogen and oxygen atoms in total.